The molecule has 0 unspecified atom stereocenters. The molecule has 2 aromatic rings. The number of rotatable bonds is 3. The smallest absolute Gasteiger partial charge is 0.111 e. The van der Waals surface area contributed by atoms with Crippen LogP contribution in [0.5, 0.6) is 0 Å². The van der Waals surface area contributed by atoms with Crippen molar-refractivity contribution in [2.45, 2.75) is 6.54 Å². The van der Waals surface area contributed by atoms with Gasteiger partial charge in [0.25, 0.3) is 0 Å². The van der Waals surface area contributed by atoms with Crippen LogP contribution in [0.25, 0.3) is 10.9 Å². The minimum absolute atomic E-state index is 0.669. The molecule has 0 saturated carbocycles. The molecule has 2 aromatic heterocycles. The van der Waals surface area contributed by atoms with Crippen molar-refractivity contribution in [1.29, 1.82) is 0 Å². The van der Waals surface area contributed by atoms with Crippen molar-refractivity contribution in [3.05, 3.63) is 23.1 Å². The fraction of sp³-hybridized carbons (Fsp3) is 0.333. The number of halogens is 1. The van der Waals surface area contributed by atoms with Gasteiger partial charge in [-0.05, 0) is 22.0 Å². The van der Waals surface area contributed by atoms with Crippen LogP contribution >= 0.6 is 15.9 Å². The van der Waals surface area contributed by atoms with E-state index in [1.807, 2.05) is 16.9 Å². The summed E-state index contributed by atoms with van der Waals surface area (Å²) in [5.41, 5.74) is 0.907. The number of nitrogens with zero attached hydrogens (tertiary/aromatic N) is 3. The first-order valence-electron chi connectivity index (χ1n) is 4.27. The van der Waals surface area contributed by atoms with Crippen LogP contribution in [0.2, 0.25) is 0 Å². The van der Waals surface area contributed by atoms with Gasteiger partial charge in [-0.1, -0.05) is 0 Å². The van der Waals surface area contributed by atoms with Crippen molar-refractivity contribution in [2.75, 3.05) is 13.7 Å². The minimum Gasteiger partial charge on any atom is -0.383 e. The van der Waals surface area contributed by atoms with Gasteiger partial charge >= 0.3 is 0 Å². The number of aromatic nitrogens is 3. The van der Waals surface area contributed by atoms with Gasteiger partial charge in [0.15, 0.2) is 0 Å². The summed E-state index contributed by atoms with van der Waals surface area (Å²) in [5.74, 6) is 0. The SMILES string of the molecule is COCCn1cc2cc(Br)ncc2n1. The molecule has 5 heteroatoms. The topological polar surface area (TPSA) is 39.9 Å². The zero-order valence-corrected chi connectivity index (χ0v) is 9.36. The third-order valence-electron chi connectivity index (χ3n) is 1.93. The number of pyridine rings is 1. The third-order valence-corrected chi connectivity index (χ3v) is 2.36. The molecule has 2 heterocycles. The second kappa shape index (κ2) is 4.06. The standard InChI is InChI=1S/C9H10BrN3O/c1-14-3-2-13-6-7-4-9(10)11-5-8(7)12-13/h4-6H,2-3H2,1H3. The highest BCUT2D eigenvalue weighted by Gasteiger charge is 2.01. The Labute approximate surface area is 90.0 Å². The molecule has 0 aromatic carbocycles. The largest absolute Gasteiger partial charge is 0.383 e. The van der Waals surface area contributed by atoms with Crippen molar-refractivity contribution < 1.29 is 4.74 Å². The van der Waals surface area contributed by atoms with E-state index in [9.17, 15) is 0 Å². The molecule has 0 spiro atoms. The lowest BCUT2D eigenvalue weighted by Gasteiger charge is -1.97. The maximum atomic E-state index is 4.98. The van der Waals surface area contributed by atoms with Crippen LogP contribution < -0.4 is 0 Å². The highest BCUT2D eigenvalue weighted by Crippen LogP contribution is 2.15. The molecule has 0 radical (unpaired) electrons. The molecule has 0 N–H and O–H groups in total. The minimum atomic E-state index is 0.669. The first-order valence-corrected chi connectivity index (χ1v) is 5.06. The van der Waals surface area contributed by atoms with E-state index in [1.165, 1.54) is 0 Å². The second-order valence-corrected chi connectivity index (χ2v) is 3.76. The van der Waals surface area contributed by atoms with Gasteiger partial charge in [-0.2, -0.15) is 5.10 Å². The van der Waals surface area contributed by atoms with Gasteiger partial charge in [-0.25, -0.2) is 4.98 Å². The van der Waals surface area contributed by atoms with E-state index in [-0.39, 0.29) is 0 Å². The lowest BCUT2D eigenvalue weighted by atomic mass is 10.3. The number of hydrogen-bond acceptors (Lipinski definition) is 3. The zero-order chi connectivity index (χ0) is 9.97. The van der Waals surface area contributed by atoms with E-state index >= 15 is 0 Å². The number of methoxy groups -OCH3 is 1. The number of ether oxygens (including phenoxy) is 1. The summed E-state index contributed by atoms with van der Waals surface area (Å²) in [5, 5.41) is 5.43. The van der Waals surface area contributed by atoms with E-state index in [0.717, 1.165) is 22.1 Å². The van der Waals surface area contributed by atoms with Crippen LogP contribution in [0.15, 0.2) is 23.1 Å². The molecule has 74 valence electrons. The van der Waals surface area contributed by atoms with Crippen molar-refractivity contribution in [1.82, 2.24) is 14.8 Å². The van der Waals surface area contributed by atoms with E-state index in [0.29, 0.717) is 6.61 Å². The van der Waals surface area contributed by atoms with Crippen molar-refractivity contribution in [3.63, 3.8) is 0 Å². The molecule has 0 atom stereocenters. The summed E-state index contributed by atoms with van der Waals surface area (Å²) in [6.07, 6.45) is 3.74. The zero-order valence-electron chi connectivity index (χ0n) is 7.77. The molecule has 0 aliphatic rings. The summed E-state index contributed by atoms with van der Waals surface area (Å²) in [6.45, 7) is 1.44. The van der Waals surface area contributed by atoms with Gasteiger partial charge in [0, 0.05) is 18.7 Å². The predicted octanol–water partition coefficient (Wildman–Crippen LogP) is 1.84. The maximum Gasteiger partial charge on any atom is 0.111 e. The first-order chi connectivity index (χ1) is 6.79. The van der Waals surface area contributed by atoms with Crippen molar-refractivity contribution in [2.24, 2.45) is 0 Å². The molecule has 0 amide bonds. The van der Waals surface area contributed by atoms with Crippen molar-refractivity contribution >= 4 is 26.8 Å². The Balaban J connectivity index is 2.32. The van der Waals surface area contributed by atoms with Gasteiger partial charge in [0.1, 0.15) is 10.1 Å². The van der Waals surface area contributed by atoms with Crippen LogP contribution in [0.4, 0.5) is 0 Å². The van der Waals surface area contributed by atoms with E-state index in [2.05, 4.69) is 26.0 Å². The highest BCUT2D eigenvalue weighted by atomic mass is 79.9. The van der Waals surface area contributed by atoms with Gasteiger partial charge < -0.3 is 4.74 Å². The molecule has 0 aliphatic carbocycles. The monoisotopic (exact) mass is 255 g/mol. The molecular formula is C9H10BrN3O. The predicted molar refractivity (Wildman–Crippen MR) is 57.1 cm³/mol. The normalized spacial score (nSPS) is 11.0. The molecular weight excluding hydrogens is 246 g/mol. The molecule has 0 fully saturated rings. The van der Waals surface area contributed by atoms with E-state index in [1.54, 1.807) is 13.3 Å². The third kappa shape index (κ3) is 1.93. The van der Waals surface area contributed by atoms with Gasteiger partial charge in [0.05, 0.1) is 19.3 Å². The summed E-state index contributed by atoms with van der Waals surface area (Å²) < 4.78 is 7.67. The van der Waals surface area contributed by atoms with Crippen LogP contribution in [0, 0.1) is 0 Å². The van der Waals surface area contributed by atoms with Crippen LogP contribution in [0.1, 0.15) is 0 Å². The summed E-state index contributed by atoms with van der Waals surface area (Å²) in [6, 6.07) is 1.95. The molecule has 0 aliphatic heterocycles. The Morgan fingerprint density at radius 1 is 1.57 bits per heavy atom. The Bertz CT molecular complexity index is 441. The Hall–Kier alpha value is -0.940. The lowest BCUT2D eigenvalue weighted by molar-refractivity contribution is 0.184. The molecule has 14 heavy (non-hydrogen) atoms. The van der Waals surface area contributed by atoms with Crippen LogP contribution in [-0.2, 0) is 11.3 Å². The Kier molecular flexibility index (Phi) is 2.79. The average molecular weight is 256 g/mol. The van der Waals surface area contributed by atoms with Crippen LogP contribution in [0.3, 0.4) is 0 Å². The summed E-state index contributed by atoms with van der Waals surface area (Å²) >= 11 is 3.32. The fourth-order valence-corrected chi connectivity index (χ4v) is 1.60. The van der Waals surface area contributed by atoms with Gasteiger partial charge in [0.2, 0.25) is 0 Å². The quantitative estimate of drug-likeness (QED) is 0.786. The van der Waals surface area contributed by atoms with E-state index < -0.39 is 0 Å². The highest BCUT2D eigenvalue weighted by molar-refractivity contribution is 9.10. The Morgan fingerprint density at radius 2 is 2.43 bits per heavy atom. The molecule has 4 nitrogen and oxygen atoms in total. The molecule has 0 bridgehead atoms. The maximum absolute atomic E-state index is 4.98. The number of hydrogen-bond donors (Lipinski definition) is 0. The fourth-order valence-electron chi connectivity index (χ4n) is 1.25. The lowest BCUT2D eigenvalue weighted by Crippen LogP contribution is -2.03. The Morgan fingerprint density at radius 3 is 3.21 bits per heavy atom. The van der Waals surface area contributed by atoms with E-state index in [4.69, 9.17) is 4.74 Å². The van der Waals surface area contributed by atoms with Crippen LogP contribution in [-0.4, -0.2) is 28.5 Å². The average Bonchev–Trinajstić information content (AvgIpc) is 2.56. The van der Waals surface area contributed by atoms with Crippen molar-refractivity contribution in [3.8, 4) is 0 Å². The summed E-state index contributed by atoms with van der Waals surface area (Å²) in [4.78, 5) is 4.11. The van der Waals surface area contributed by atoms with Gasteiger partial charge in [-0.15, -0.1) is 0 Å². The second-order valence-electron chi connectivity index (χ2n) is 2.95. The number of fused-ring (bicyclic) bond motifs is 1. The molecule has 2 rings (SSSR count). The van der Waals surface area contributed by atoms with Gasteiger partial charge in [-0.3, -0.25) is 4.68 Å². The summed E-state index contributed by atoms with van der Waals surface area (Å²) in [7, 11) is 1.68. The first kappa shape index (κ1) is 9.61. The molecule has 0 saturated heterocycles.